The molecule has 0 spiro atoms. The monoisotopic (exact) mass is 425 g/mol. The molecule has 1 aromatic heterocycles. The molecule has 1 aromatic carbocycles. The number of aromatic nitrogens is 2. The number of carbonyl (C=O) groups is 1. The summed E-state index contributed by atoms with van der Waals surface area (Å²) in [6, 6.07) is 7.86. The Hall–Kier alpha value is -2.87. The van der Waals surface area contributed by atoms with Crippen LogP contribution in [-0.2, 0) is 16.1 Å². The quantitative estimate of drug-likeness (QED) is 0.729. The van der Waals surface area contributed by atoms with Crippen LogP contribution < -0.4 is 19.9 Å². The maximum absolute atomic E-state index is 12.8. The van der Waals surface area contributed by atoms with Gasteiger partial charge in [0.15, 0.2) is 5.82 Å². The van der Waals surface area contributed by atoms with E-state index in [-0.39, 0.29) is 11.8 Å². The smallest absolute Gasteiger partial charge is 0.223 e. The highest BCUT2D eigenvalue weighted by atomic mass is 16.5. The second-order valence-corrected chi connectivity index (χ2v) is 7.85. The number of hydrogen-bond donors (Lipinski definition) is 1. The minimum Gasteiger partial charge on any atom is -0.494 e. The zero-order chi connectivity index (χ0) is 21.5. The Bertz CT molecular complexity index is 864. The van der Waals surface area contributed by atoms with Gasteiger partial charge in [0.05, 0.1) is 31.7 Å². The first-order valence-corrected chi connectivity index (χ1v) is 11.1. The van der Waals surface area contributed by atoms with Gasteiger partial charge in [0.1, 0.15) is 12.1 Å². The van der Waals surface area contributed by atoms with Gasteiger partial charge in [0.2, 0.25) is 5.91 Å². The molecule has 2 aliphatic heterocycles. The minimum absolute atomic E-state index is 0.0203. The van der Waals surface area contributed by atoms with Gasteiger partial charge < -0.3 is 24.6 Å². The summed E-state index contributed by atoms with van der Waals surface area (Å²) in [7, 11) is 0. The van der Waals surface area contributed by atoms with Crippen molar-refractivity contribution in [3.05, 3.63) is 42.4 Å². The molecule has 0 saturated carbocycles. The van der Waals surface area contributed by atoms with Gasteiger partial charge in [0.25, 0.3) is 0 Å². The van der Waals surface area contributed by atoms with Crippen molar-refractivity contribution in [2.24, 2.45) is 5.92 Å². The van der Waals surface area contributed by atoms with Crippen molar-refractivity contribution in [3.63, 3.8) is 0 Å². The van der Waals surface area contributed by atoms with Crippen molar-refractivity contribution in [3.8, 4) is 5.75 Å². The molecule has 0 atom stereocenters. The topological polar surface area (TPSA) is 79.8 Å². The van der Waals surface area contributed by atoms with Gasteiger partial charge in [-0.15, -0.1) is 0 Å². The van der Waals surface area contributed by atoms with Gasteiger partial charge in [-0.05, 0) is 25.8 Å². The Morgan fingerprint density at radius 1 is 1.16 bits per heavy atom. The van der Waals surface area contributed by atoms with Crippen molar-refractivity contribution in [1.82, 2.24) is 15.3 Å². The van der Waals surface area contributed by atoms with Crippen LogP contribution in [0.3, 0.4) is 0 Å². The van der Waals surface area contributed by atoms with Crippen LogP contribution >= 0.6 is 0 Å². The summed E-state index contributed by atoms with van der Waals surface area (Å²) in [5.74, 6) is 1.93. The standard InChI is InChI=1S/C23H31N5O3/c1-2-31-21-6-4-3-5-19(21)15-25-23(29)18-7-9-27(10-8-18)20-16-24-17-26-22(20)28-11-13-30-14-12-28/h3-6,16-18H,2,7-15H2,1H3,(H,25,29). The lowest BCUT2D eigenvalue weighted by Crippen LogP contribution is -2.42. The van der Waals surface area contributed by atoms with Crippen LogP contribution in [0.4, 0.5) is 11.5 Å². The molecule has 31 heavy (non-hydrogen) atoms. The molecule has 1 amide bonds. The molecule has 0 aliphatic carbocycles. The van der Waals surface area contributed by atoms with Crippen molar-refractivity contribution < 1.29 is 14.3 Å². The molecule has 0 bridgehead atoms. The molecule has 2 aliphatic rings. The third-order valence-corrected chi connectivity index (χ3v) is 5.92. The van der Waals surface area contributed by atoms with Crippen molar-refractivity contribution in [2.75, 3.05) is 55.8 Å². The number of amides is 1. The average Bonchev–Trinajstić information content (AvgIpc) is 2.84. The molecule has 166 valence electrons. The van der Waals surface area contributed by atoms with Crippen molar-refractivity contribution in [1.29, 1.82) is 0 Å². The SMILES string of the molecule is CCOc1ccccc1CNC(=O)C1CCN(c2cncnc2N2CCOCC2)CC1. The van der Waals surface area contributed by atoms with E-state index in [0.717, 1.165) is 75.1 Å². The summed E-state index contributed by atoms with van der Waals surface area (Å²) in [5, 5.41) is 3.10. The highest BCUT2D eigenvalue weighted by molar-refractivity contribution is 5.79. The molecule has 0 radical (unpaired) electrons. The van der Waals surface area contributed by atoms with Gasteiger partial charge in [-0.3, -0.25) is 4.79 Å². The Morgan fingerprint density at radius 3 is 2.71 bits per heavy atom. The van der Waals surface area contributed by atoms with E-state index >= 15 is 0 Å². The summed E-state index contributed by atoms with van der Waals surface area (Å²) in [6.07, 6.45) is 5.13. The Kier molecular flexibility index (Phi) is 7.19. The highest BCUT2D eigenvalue weighted by Gasteiger charge is 2.28. The van der Waals surface area contributed by atoms with Crippen LogP contribution in [0.1, 0.15) is 25.3 Å². The number of carbonyl (C=O) groups excluding carboxylic acids is 1. The van der Waals surface area contributed by atoms with Crippen LogP contribution in [0.5, 0.6) is 5.75 Å². The number of nitrogens with zero attached hydrogens (tertiary/aromatic N) is 4. The van der Waals surface area contributed by atoms with Crippen LogP contribution in [0.2, 0.25) is 0 Å². The molecule has 4 rings (SSSR count). The summed E-state index contributed by atoms with van der Waals surface area (Å²) in [6.45, 7) is 7.82. The molecule has 1 N–H and O–H groups in total. The minimum atomic E-state index is 0.0203. The lowest BCUT2D eigenvalue weighted by Gasteiger charge is -2.36. The van der Waals surface area contributed by atoms with Crippen molar-refractivity contribution in [2.45, 2.75) is 26.3 Å². The number of hydrogen-bond acceptors (Lipinski definition) is 7. The zero-order valence-electron chi connectivity index (χ0n) is 18.1. The molecule has 3 heterocycles. The van der Waals surface area contributed by atoms with Gasteiger partial charge in [-0.1, -0.05) is 18.2 Å². The number of anilines is 2. The molecule has 2 aromatic rings. The first-order chi connectivity index (χ1) is 15.3. The number of morpholine rings is 1. The summed E-state index contributed by atoms with van der Waals surface area (Å²) in [5.41, 5.74) is 2.06. The fraction of sp³-hybridized carbons (Fsp3) is 0.522. The molecular weight excluding hydrogens is 394 g/mol. The Labute approximate surface area is 183 Å². The zero-order valence-corrected chi connectivity index (χ0v) is 18.1. The second-order valence-electron chi connectivity index (χ2n) is 7.85. The van der Waals surface area contributed by atoms with E-state index < -0.39 is 0 Å². The molecule has 8 nitrogen and oxygen atoms in total. The van der Waals surface area contributed by atoms with Crippen LogP contribution in [0.15, 0.2) is 36.8 Å². The normalized spacial score (nSPS) is 17.5. The molecular formula is C23H31N5O3. The van der Waals surface area contributed by atoms with Crippen molar-refractivity contribution >= 4 is 17.4 Å². The van der Waals surface area contributed by atoms with E-state index in [1.165, 1.54) is 0 Å². The first kappa shape index (κ1) is 21.4. The van der Waals surface area contributed by atoms with Gasteiger partial charge in [-0.2, -0.15) is 0 Å². The lowest BCUT2D eigenvalue weighted by molar-refractivity contribution is -0.125. The number of ether oxygens (including phenoxy) is 2. The van der Waals surface area contributed by atoms with E-state index in [1.54, 1.807) is 6.33 Å². The Balaban J connectivity index is 1.32. The number of rotatable bonds is 7. The number of benzene rings is 1. The largest absolute Gasteiger partial charge is 0.494 e. The fourth-order valence-corrected chi connectivity index (χ4v) is 4.21. The third-order valence-electron chi connectivity index (χ3n) is 5.92. The van der Waals surface area contributed by atoms with E-state index in [2.05, 4.69) is 25.1 Å². The highest BCUT2D eigenvalue weighted by Crippen LogP contribution is 2.30. The van der Waals surface area contributed by atoms with E-state index in [4.69, 9.17) is 9.47 Å². The number of para-hydroxylation sites is 1. The fourth-order valence-electron chi connectivity index (χ4n) is 4.21. The van der Waals surface area contributed by atoms with E-state index in [9.17, 15) is 4.79 Å². The van der Waals surface area contributed by atoms with Gasteiger partial charge in [0, 0.05) is 44.2 Å². The van der Waals surface area contributed by atoms with E-state index in [0.29, 0.717) is 13.2 Å². The molecule has 2 saturated heterocycles. The van der Waals surface area contributed by atoms with Gasteiger partial charge in [-0.25, -0.2) is 9.97 Å². The van der Waals surface area contributed by atoms with Crippen LogP contribution in [0.25, 0.3) is 0 Å². The summed E-state index contributed by atoms with van der Waals surface area (Å²) < 4.78 is 11.1. The predicted molar refractivity (Wildman–Crippen MR) is 119 cm³/mol. The maximum atomic E-state index is 12.8. The van der Waals surface area contributed by atoms with Crippen LogP contribution in [-0.4, -0.2) is 61.9 Å². The third kappa shape index (κ3) is 5.25. The number of piperidine rings is 1. The first-order valence-electron chi connectivity index (χ1n) is 11.1. The lowest BCUT2D eigenvalue weighted by atomic mass is 9.95. The van der Waals surface area contributed by atoms with E-state index in [1.807, 2.05) is 37.4 Å². The molecule has 2 fully saturated rings. The Morgan fingerprint density at radius 2 is 1.94 bits per heavy atom. The maximum Gasteiger partial charge on any atom is 0.223 e. The second kappa shape index (κ2) is 10.4. The number of nitrogens with one attached hydrogen (secondary N) is 1. The average molecular weight is 426 g/mol. The molecule has 0 unspecified atom stereocenters. The summed E-state index contributed by atoms with van der Waals surface area (Å²) in [4.78, 5) is 26.1. The van der Waals surface area contributed by atoms with Crippen LogP contribution in [0, 0.1) is 5.92 Å². The summed E-state index contributed by atoms with van der Waals surface area (Å²) >= 11 is 0. The molecule has 8 heteroatoms. The van der Waals surface area contributed by atoms with Gasteiger partial charge >= 0.3 is 0 Å². The predicted octanol–water partition coefficient (Wildman–Crippen LogP) is 2.24.